The maximum absolute atomic E-state index is 13.2. The zero-order chi connectivity index (χ0) is 26.9. The molecule has 0 spiro atoms. The third kappa shape index (κ3) is 7.93. The molecule has 0 aliphatic carbocycles. The molecule has 4 aromatic rings. The van der Waals surface area contributed by atoms with Crippen LogP contribution in [0, 0.1) is 0 Å². The van der Waals surface area contributed by atoms with Crippen LogP contribution in [0.3, 0.4) is 0 Å². The van der Waals surface area contributed by atoms with Gasteiger partial charge in [0.2, 0.25) is 0 Å². The number of carbonyl (C=O) groups excluding carboxylic acids is 1. The van der Waals surface area contributed by atoms with E-state index in [2.05, 4.69) is 70.5 Å². The Kier molecular flexibility index (Phi) is 9.28. The highest BCUT2D eigenvalue weighted by molar-refractivity contribution is 6.30. The minimum atomic E-state index is -0.0342. The van der Waals surface area contributed by atoms with E-state index in [0.717, 1.165) is 43.5 Å². The lowest BCUT2D eigenvalue weighted by molar-refractivity contribution is 0.0615. The number of hydrogen-bond acceptors (Lipinski definition) is 4. The molecule has 5 rings (SSSR count). The van der Waals surface area contributed by atoms with Gasteiger partial charge in [-0.1, -0.05) is 96.5 Å². The maximum Gasteiger partial charge on any atom is 0.289 e. The summed E-state index contributed by atoms with van der Waals surface area (Å²) in [5.41, 5.74) is 3.61. The van der Waals surface area contributed by atoms with Crippen LogP contribution in [0.15, 0.2) is 108 Å². The second-order valence-electron chi connectivity index (χ2n) is 9.93. The first-order valence-electron chi connectivity index (χ1n) is 13.4. The Bertz CT molecular complexity index is 1340. The molecule has 39 heavy (non-hydrogen) atoms. The highest BCUT2D eigenvalue weighted by atomic mass is 35.5. The van der Waals surface area contributed by atoms with Gasteiger partial charge in [0.15, 0.2) is 5.76 Å². The van der Waals surface area contributed by atoms with E-state index >= 15 is 0 Å². The lowest BCUT2D eigenvalue weighted by atomic mass is 10.1. The molecule has 1 amide bonds. The summed E-state index contributed by atoms with van der Waals surface area (Å²) >= 11 is 6.09. The fourth-order valence-electron chi connectivity index (χ4n) is 4.85. The molecule has 1 fully saturated rings. The average Bonchev–Trinajstić information content (AvgIpc) is 3.44. The normalized spacial score (nSPS) is 14.4. The lowest BCUT2D eigenvalue weighted by Crippen LogP contribution is -2.48. The predicted molar refractivity (Wildman–Crippen MR) is 157 cm³/mol. The van der Waals surface area contributed by atoms with Crippen LogP contribution in [0.25, 0.3) is 6.08 Å². The van der Waals surface area contributed by atoms with Gasteiger partial charge in [-0.15, -0.1) is 0 Å². The lowest BCUT2D eigenvalue weighted by Gasteiger charge is -2.33. The van der Waals surface area contributed by atoms with Gasteiger partial charge in [0.25, 0.3) is 5.91 Å². The number of benzene rings is 3. The van der Waals surface area contributed by atoms with Gasteiger partial charge in [-0.3, -0.25) is 14.6 Å². The smallest absolute Gasteiger partial charge is 0.289 e. The van der Waals surface area contributed by atoms with Crippen molar-refractivity contribution >= 4 is 23.6 Å². The molecule has 3 aromatic carbocycles. The van der Waals surface area contributed by atoms with Crippen LogP contribution >= 0.6 is 11.6 Å². The van der Waals surface area contributed by atoms with Gasteiger partial charge in [0.05, 0.1) is 6.54 Å². The number of piperazine rings is 1. The van der Waals surface area contributed by atoms with Crippen molar-refractivity contribution < 1.29 is 9.21 Å². The first-order valence-corrected chi connectivity index (χ1v) is 13.8. The van der Waals surface area contributed by atoms with Gasteiger partial charge in [-0.05, 0) is 41.0 Å². The van der Waals surface area contributed by atoms with Crippen LogP contribution in [0.4, 0.5) is 0 Å². The summed E-state index contributed by atoms with van der Waals surface area (Å²) in [6.07, 6.45) is 4.34. The van der Waals surface area contributed by atoms with E-state index in [1.807, 2.05) is 53.4 Å². The van der Waals surface area contributed by atoms with E-state index in [-0.39, 0.29) is 5.91 Å². The van der Waals surface area contributed by atoms with Crippen LogP contribution in [0.5, 0.6) is 0 Å². The maximum atomic E-state index is 13.2. The van der Waals surface area contributed by atoms with Crippen molar-refractivity contribution in [3.63, 3.8) is 0 Å². The minimum Gasteiger partial charge on any atom is -0.455 e. The van der Waals surface area contributed by atoms with E-state index in [9.17, 15) is 4.79 Å². The molecular formula is C33H34ClN3O2. The van der Waals surface area contributed by atoms with E-state index < -0.39 is 0 Å². The Labute approximate surface area is 235 Å². The molecule has 1 aromatic heterocycles. The molecule has 0 radical (unpaired) electrons. The van der Waals surface area contributed by atoms with Crippen LogP contribution in [0.2, 0.25) is 5.02 Å². The van der Waals surface area contributed by atoms with Crippen molar-refractivity contribution in [3.8, 4) is 0 Å². The molecule has 2 heterocycles. The van der Waals surface area contributed by atoms with Crippen LogP contribution in [-0.4, -0.2) is 53.3 Å². The fourth-order valence-corrected chi connectivity index (χ4v) is 4.97. The van der Waals surface area contributed by atoms with Gasteiger partial charge in [0, 0.05) is 50.8 Å². The largest absolute Gasteiger partial charge is 0.455 e. The number of hydrogen-bond donors (Lipinski definition) is 0. The Morgan fingerprint density at radius 2 is 1.41 bits per heavy atom. The monoisotopic (exact) mass is 539 g/mol. The van der Waals surface area contributed by atoms with Gasteiger partial charge in [0.1, 0.15) is 5.76 Å². The van der Waals surface area contributed by atoms with Gasteiger partial charge in [-0.2, -0.15) is 0 Å². The number of furan rings is 1. The van der Waals surface area contributed by atoms with E-state index in [1.165, 1.54) is 16.7 Å². The fraction of sp³-hybridized carbons (Fsp3) is 0.242. The summed E-state index contributed by atoms with van der Waals surface area (Å²) in [4.78, 5) is 19.8. The van der Waals surface area contributed by atoms with Gasteiger partial charge < -0.3 is 9.32 Å². The Hall–Kier alpha value is -3.64. The number of carbonyl (C=O) groups is 1. The zero-order valence-electron chi connectivity index (χ0n) is 22.1. The summed E-state index contributed by atoms with van der Waals surface area (Å²) in [6, 6.07) is 32.4. The van der Waals surface area contributed by atoms with Crippen molar-refractivity contribution in [1.29, 1.82) is 0 Å². The Morgan fingerprint density at radius 3 is 2.10 bits per heavy atom. The molecule has 1 saturated heterocycles. The molecule has 0 atom stereocenters. The summed E-state index contributed by atoms with van der Waals surface area (Å²) in [5.74, 6) is 1.16. The first kappa shape index (κ1) is 26.9. The standard InChI is InChI=1S/C33H34ClN3O2/c34-30-15-13-29(14-16-30)25-36(24-28-10-5-2-6-11-28)26-31-17-18-32(39-31)33(38)37-22-20-35(21-23-37)19-7-12-27-8-3-1-4-9-27/h1-18H,19-26H2/b12-7+. The summed E-state index contributed by atoms with van der Waals surface area (Å²) in [7, 11) is 0. The van der Waals surface area contributed by atoms with Crippen LogP contribution < -0.4 is 0 Å². The molecular weight excluding hydrogens is 506 g/mol. The molecule has 200 valence electrons. The van der Waals surface area contributed by atoms with Crippen molar-refractivity contribution in [2.75, 3.05) is 32.7 Å². The van der Waals surface area contributed by atoms with Gasteiger partial charge in [-0.25, -0.2) is 0 Å². The topological polar surface area (TPSA) is 39.9 Å². The molecule has 0 N–H and O–H groups in total. The SMILES string of the molecule is O=C(c1ccc(CN(Cc2ccccc2)Cc2ccc(Cl)cc2)o1)N1CCN(C/C=C/c2ccccc2)CC1. The van der Waals surface area contributed by atoms with E-state index in [0.29, 0.717) is 25.4 Å². The van der Waals surface area contributed by atoms with Crippen molar-refractivity contribution in [2.45, 2.75) is 19.6 Å². The molecule has 0 bridgehead atoms. The first-order chi connectivity index (χ1) is 19.1. The number of rotatable bonds is 10. The Balaban J connectivity index is 1.16. The summed E-state index contributed by atoms with van der Waals surface area (Å²) in [6.45, 7) is 6.11. The number of nitrogens with zero attached hydrogens (tertiary/aromatic N) is 3. The molecule has 6 heteroatoms. The highest BCUT2D eigenvalue weighted by Gasteiger charge is 2.24. The second kappa shape index (κ2) is 13.4. The summed E-state index contributed by atoms with van der Waals surface area (Å²) in [5, 5.41) is 0.729. The molecule has 5 nitrogen and oxygen atoms in total. The third-order valence-electron chi connectivity index (χ3n) is 6.95. The minimum absolute atomic E-state index is 0.0342. The highest BCUT2D eigenvalue weighted by Crippen LogP contribution is 2.19. The second-order valence-corrected chi connectivity index (χ2v) is 10.4. The predicted octanol–water partition coefficient (Wildman–Crippen LogP) is 6.61. The van der Waals surface area contributed by atoms with E-state index in [4.69, 9.17) is 16.0 Å². The molecule has 0 saturated carbocycles. The van der Waals surface area contributed by atoms with Gasteiger partial charge >= 0.3 is 0 Å². The van der Waals surface area contributed by atoms with Crippen LogP contribution in [-0.2, 0) is 19.6 Å². The third-order valence-corrected chi connectivity index (χ3v) is 7.21. The van der Waals surface area contributed by atoms with E-state index in [1.54, 1.807) is 0 Å². The number of amides is 1. The summed E-state index contributed by atoms with van der Waals surface area (Å²) < 4.78 is 6.09. The molecule has 0 unspecified atom stereocenters. The Morgan fingerprint density at radius 1 is 0.769 bits per heavy atom. The quantitative estimate of drug-likeness (QED) is 0.227. The zero-order valence-corrected chi connectivity index (χ0v) is 22.8. The van der Waals surface area contributed by atoms with Crippen LogP contribution in [0.1, 0.15) is 33.0 Å². The molecule has 1 aliphatic heterocycles. The molecule has 1 aliphatic rings. The average molecular weight is 540 g/mol. The van der Waals surface area contributed by atoms with Crippen molar-refractivity contribution in [1.82, 2.24) is 14.7 Å². The number of halogens is 1. The van der Waals surface area contributed by atoms with Crippen molar-refractivity contribution in [2.24, 2.45) is 0 Å². The van der Waals surface area contributed by atoms with Crippen molar-refractivity contribution in [3.05, 3.63) is 136 Å².